The van der Waals surface area contributed by atoms with E-state index in [4.69, 9.17) is 11.6 Å². The lowest BCUT2D eigenvalue weighted by Gasteiger charge is -2.19. The average Bonchev–Trinajstić information content (AvgIpc) is 2.44. The van der Waals surface area contributed by atoms with Crippen LogP contribution in [0.4, 0.5) is 10.1 Å². The van der Waals surface area contributed by atoms with E-state index in [9.17, 15) is 4.39 Å². The smallest absolute Gasteiger partial charge is 0.164 e. The molecule has 0 radical (unpaired) electrons. The van der Waals surface area contributed by atoms with Gasteiger partial charge >= 0.3 is 0 Å². The van der Waals surface area contributed by atoms with E-state index in [0.717, 1.165) is 12.8 Å². The Labute approximate surface area is 118 Å². The summed E-state index contributed by atoms with van der Waals surface area (Å²) in [4.78, 5) is 0. The van der Waals surface area contributed by atoms with Gasteiger partial charge in [-0.2, -0.15) is 0 Å². The molecule has 0 aliphatic carbocycles. The molecule has 1 nitrogen and oxygen atoms in total. The average molecular weight is 278 g/mol. The first-order valence-electron chi connectivity index (χ1n) is 6.45. The number of anilines is 1. The molecule has 0 heterocycles. The van der Waals surface area contributed by atoms with E-state index in [1.54, 1.807) is 18.2 Å². The van der Waals surface area contributed by atoms with Crippen LogP contribution in [0.5, 0.6) is 0 Å². The van der Waals surface area contributed by atoms with Gasteiger partial charge in [0.15, 0.2) is 5.82 Å². The molecule has 0 spiro atoms. The second kappa shape index (κ2) is 6.58. The molecule has 0 aromatic heterocycles. The minimum atomic E-state index is -0.379. The Morgan fingerprint density at radius 2 is 1.84 bits per heavy atom. The first-order chi connectivity index (χ1) is 9.20. The highest BCUT2D eigenvalue weighted by Crippen LogP contribution is 2.23. The zero-order valence-electron chi connectivity index (χ0n) is 10.9. The summed E-state index contributed by atoms with van der Waals surface area (Å²) in [6.07, 6.45) is 1.78. The number of benzene rings is 2. The Morgan fingerprint density at radius 1 is 1.11 bits per heavy atom. The van der Waals surface area contributed by atoms with E-state index in [1.807, 2.05) is 18.2 Å². The number of halogens is 2. The highest BCUT2D eigenvalue weighted by atomic mass is 35.5. The SMILES string of the molecule is CCC(Cc1ccccc1)Nc1cccc(Cl)c1F. The van der Waals surface area contributed by atoms with Crippen molar-refractivity contribution in [2.24, 2.45) is 0 Å². The molecular weight excluding hydrogens is 261 g/mol. The van der Waals surface area contributed by atoms with Crippen LogP contribution in [0.2, 0.25) is 5.02 Å². The van der Waals surface area contributed by atoms with Gasteiger partial charge in [-0.05, 0) is 30.5 Å². The molecule has 19 heavy (non-hydrogen) atoms. The zero-order valence-corrected chi connectivity index (χ0v) is 11.6. The fourth-order valence-corrected chi connectivity index (χ4v) is 2.21. The van der Waals surface area contributed by atoms with Crippen molar-refractivity contribution in [2.75, 3.05) is 5.32 Å². The molecular formula is C16H17ClFN. The largest absolute Gasteiger partial charge is 0.380 e. The Balaban J connectivity index is 2.09. The first-order valence-corrected chi connectivity index (χ1v) is 6.83. The van der Waals surface area contributed by atoms with Gasteiger partial charge in [-0.1, -0.05) is 54.9 Å². The quantitative estimate of drug-likeness (QED) is 0.818. The third kappa shape index (κ3) is 3.71. The van der Waals surface area contributed by atoms with Crippen molar-refractivity contribution in [1.82, 2.24) is 0 Å². The highest BCUT2D eigenvalue weighted by molar-refractivity contribution is 6.31. The summed E-state index contributed by atoms with van der Waals surface area (Å²) in [5, 5.41) is 3.38. The molecule has 1 N–H and O–H groups in total. The molecule has 100 valence electrons. The maximum atomic E-state index is 13.8. The second-order valence-electron chi connectivity index (χ2n) is 4.54. The Bertz CT molecular complexity index is 528. The molecule has 0 aliphatic rings. The van der Waals surface area contributed by atoms with Crippen molar-refractivity contribution in [3.63, 3.8) is 0 Å². The van der Waals surface area contributed by atoms with E-state index in [2.05, 4.69) is 24.4 Å². The van der Waals surface area contributed by atoms with Gasteiger partial charge < -0.3 is 5.32 Å². The molecule has 0 bridgehead atoms. The van der Waals surface area contributed by atoms with Crippen LogP contribution in [0.1, 0.15) is 18.9 Å². The topological polar surface area (TPSA) is 12.0 Å². The molecule has 1 atom stereocenters. The van der Waals surface area contributed by atoms with Gasteiger partial charge in [-0.15, -0.1) is 0 Å². The lowest BCUT2D eigenvalue weighted by molar-refractivity contribution is 0.619. The van der Waals surface area contributed by atoms with Gasteiger partial charge in [0.2, 0.25) is 0 Å². The van der Waals surface area contributed by atoms with Crippen molar-refractivity contribution in [2.45, 2.75) is 25.8 Å². The van der Waals surface area contributed by atoms with E-state index in [1.165, 1.54) is 5.56 Å². The summed E-state index contributed by atoms with van der Waals surface area (Å²) in [7, 11) is 0. The summed E-state index contributed by atoms with van der Waals surface area (Å²) < 4.78 is 13.8. The molecule has 2 aromatic rings. The third-order valence-electron chi connectivity index (χ3n) is 3.13. The van der Waals surface area contributed by atoms with Crippen LogP contribution < -0.4 is 5.32 Å². The predicted molar refractivity (Wildman–Crippen MR) is 79.3 cm³/mol. The standard InChI is InChI=1S/C16H17ClFN/c1-2-13(11-12-7-4-3-5-8-12)19-15-10-6-9-14(17)16(15)18/h3-10,13,19H,2,11H2,1H3. The zero-order chi connectivity index (χ0) is 13.7. The highest BCUT2D eigenvalue weighted by Gasteiger charge is 2.11. The van der Waals surface area contributed by atoms with Crippen molar-refractivity contribution in [3.8, 4) is 0 Å². The fourth-order valence-electron chi connectivity index (χ4n) is 2.03. The Hall–Kier alpha value is -1.54. The predicted octanol–water partition coefficient (Wildman–Crippen LogP) is 4.91. The monoisotopic (exact) mass is 277 g/mol. The van der Waals surface area contributed by atoms with E-state index in [-0.39, 0.29) is 16.9 Å². The molecule has 0 saturated heterocycles. The molecule has 1 unspecified atom stereocenters. The summed E-state index contributed by atoms with van der Waals surface area (Å²) in [5.74, 6) is -0.379. The van der Waals surface area contributed by atoms with Crippen molar-refractivity contribution < 1.29 is 4.39 Å². The lowest BCUT2D eigenvalue weighted by atomic mass is 10.0. The van der Waals surface area contributed by atoms with Crippen LogP contribution >= 0.6 is 11.6 Å². The van der Waals surface area contributed by atoms with Crippen molar-refractivity contribution in [1.29, 1.82) is 0 Å². The second-order valence-corrected chi connectivity index (χ2v) is 4.95. The number of rotatable bonds is 5. The summed E-state index contributed by atoms with van der Waals surface area (Å²) in [6, 6.07) is 15.4. The van der Waals surface area contributed by atoms with Crippen LogP contribution in [0.3, 0.4) is 0 Å². The van der Waals surface area contributed by atoms with Crippen LogP contribution in [0, 0.1) is 5.82 Å². The molecule has 0 aliphatic heterocycles. The van der Waals surface area contributed by atoms with E-state index >= 15 is 0 Å². The van der Waals surface area contributed by atoms with Crippen LogP contribution in [0.15, 0.2) is 48.5 Å². The van der Waals surface area contributed by atoms with E-state index < -0.39 is 0 Å². The molecule has 0 saturated carbocycles. The van der Waals surface area contributed by atoms with Gasteiger partial charge in [0.25, 0.3) is 0 Å². The molecule has 0 fully saturated rings. The van der Waals surface area contributed by atoms with Gasteiger partial charge in [-0.25, -0.2) is 4.39 Å². The van der Waals surface area contributed by atoms with Gasteiger partial charge in [-0.3, -0.25) is 0 Å². The normalized spacial score (nSPS) is 12.2. The lowest BCUT2D eigenvalue weighted by Crippen LogP contribution is -2.22. The molecule has 3 heteroatoms. The number of nitrogens with one attached hydrogen (secondary N) is 1. The first kappa shape index (κ1) is 13.9. The maximum Gasteiger partial charge on any atom is 0.164 e. The molecule has 0 amide bonds. The minimum Gasteiger partial charge on any atom is -0.380 e. The summed E-state index contributed by atoms with van der Waals surface area (Å²) in [6.45, 7) is 2.09. The summed E-state index contributed by atoms with van der Waals surface area (Å²) >= 11 is 5.79. The molecule has 2 rings (SSSR count). The number of hydrogen-bond acceptors (Lipinski definition) is 1. The number of hydrogen-bond donors (Lipinski definition) is 1. The Kier molecular flexibility index (Phi) is 4.80. The van der Waals surface area contributed by atoms with Crippen molar-refractivity contribution >= 4 is 17.3 Å². The van der Waals surface area contributed by atoms with Crippen molar-refractivity contribution in [3.05, 3.63) is 64.9 Å². The summed E-state index contributed by atoms with van der Waals surface area (Å²) in [5.41, 5.74) is 1.71. The van der Waals surface area contributed by atoms with Crippen LogP contribution in [-0.4, -0.2) is 6.04 Å². The van der Waals surface area contributed by atoms with Crippen LogP contribution in [-0.2, 0) is 6.42 Å². The molecule has 2 aromatic carbocycles. The fraction of sp³-hybridized carbons (Fsp3) is 0.250. The van der Waals surface area contributed by atoms with Gasteiger partial charge in [0.1, 0.15) is 0 Å². The van der Waals surface area contributed by atoms with Gasteiger partial charge in [0, 0.05) is 6.04 Å². The maximum absolute atomic E-state index is 13.8. The van der Waals surface area contributed by atoms with Gasteiger partial charge in [0.05, 0.1) is 10.7 Å². The van der Waals surface area contributed by atoms with Crippen LogP contribution in [0.25, 0.3) is 0 Å². The third-order valence-corrected chi connectivity index (χ3v) is 3.42. The Morgan fingerprint density at radius 3 is 2.53 bits per heavy atom. The van der Waals surface area contributed by atoms with E-state index in [0.29, 0.717) is 5.69 Å². The minimum absolute atomic E-state index is 0.152.